The summed E-state index contributed by atoms with van der Waals surface area (Å²) < 4.78 is 0. The van der Waals surface area contributed by atoms with E-state index in [9.17, 15) is 4.79 Å². The molecule has 5 heteroatoms. The first-order chi connectivity index (χ1) is 12.1. The van der Waals surface area contributed by atoms with Gasteiger partial charge < -0.3 is 21.3 Å². The molecule has 2 saturated heterocycles. The lowest BCUT2D eigenvalue weighted by Gasteiger charge is -2.47. The zero-order valence-corrected chi connectivity index (χ0v) is 19.0. The minimum atomic E-state index is 0.00551. The SMILES string of the molecule is C/C(=C/C(=O)NC1CC(C)(C)NC(C)(C)C1)NC1CC(C)(C)NC(C)(C)C1. The molecule has 2 aliphatic rings. The van der Waals surface area contributed by atoms with Gasteiger partial charge >= 0.3 is 0 Å². The summed E-state index contributed by atoms with van der Waals surface area (Å²) in [7, 11) is 0. The maximum absolute atomic E-state index is 12.6. The summed E-state index contributed by atoms with van der Waals surface area (Å²) >= 11 is 0. The number of hydrogen-bond donors (Lipinski definition) is 4. The summed E-state index contributed by atoms with van der Waals surface area (Å²) in [5.74, 6) is 0.00551. The highest BCUT2D eigenvalue weighted by Gasteiger charge is 2.39. The molecule has 2 rings (SSSR count). The van der Waals surface area contributed by atoms with Gasteiger partial charge in [-0.15, -0.1) is 0 Å². The number of allylic oxidation sites excluding steroid dienone is 1. The van der Waals surface area contributed by atoms with Gasteiger partial charge in [0.15, 0.2) is 0 Å². The van der Waals surface area contributed by atoms with Crippen molar-refractivity contribution in [2.45, 2.75) is 122 Å². The molecule has 4 N–H and O–H groups in total. The lowest BCUT2D eigenvalue weighted by molar-refractivity contribution is -0.117. The number of nitrogens with one attached hydrogen (secondary N) is 4. The second-order valence-electron chi connectivity index (χ2n) is 11.5. The normalized spacial score (nSPS) is 27.8. The number of piperidine rings is 2. The number of hydrogen-bond acceptors (Lipinski definition) is 4. The Morgan fingerprint density at radius 3 is 1.44 bits per heavy atom. The molecular formula is C22H42N4O. The fourth-order valence-corrected chi connectivity index (χ4v) is 5.65. The quantitative estimate of drug-likeness (QED) is 0.567. The molecule has 0 aromatic rings. The predicted octanol–water partition coefficient (Wildman–Crippen LogP) is 3.21. The van der Waals surface area contributed by atoms with Crippen LogP contribution in [0.25, 0.3) is 0 Å². The molecule has 0 aromatic carbocycles. The zero-order valence-electron chi connectivity index (χ0n) is 19.0. The molecule has 156 valence electrons. The Balaban J connectivity index is 1.94. The van der Waals surface area contributed by atoms with Crippen molar-refractivity contribution in [3.63, 3.8) is 0 Å². The van der Waals surface area contributed by atoms with E-state index in [0.29, 0.717) is 6.04 Å². The molecular weight excluding hydrogens is 336 g/mol. The maximum atomic E-state index is 12.6. The van der Waals surface area contributed by atoms with E-state index in [2.05, 4.69) is 76.7 Å². The van der Waals surface area contributed by atoms with Gasteiger partial charge in [-0.3, -0.25) is 4.79 Å². The van der Waals surface area contributed by atoms with E-state index in [-0.39, 0.29) is 34.1 Å². The van der Waals surface area contributed by atoms with Crippen LogP contribution in [0.3, 0.4) is 0 Å². The van der Waals surface area contributed by atoms with Gasteiger partial charge in [0.1, 0.15) is 0 Å². The second kappa shape index (κ2) is 7.40. The Hall–Kier alpha value is -1.07. The van der Waals surface area contributed by atoms with Crippen LogP contribution in [-0.2, 0) is 4.79 Å². The van der Waals surface area contributed by atoms with E-state index in [1.165, 1.54) is 0 Å². The summed E-state index contributed by atoms with van der Waals surface area (Å²) in [5.41, 5.74) is 1.19. The van der Waals surface area contributed by atoms with E-state index in [0.717, 1.165) is 31.4 Å². The average molecular weight is 379 g/mol. The van der Waals surface area contributed by atoms with E-state index < -0.39 is 0 Å². The third kappa shape index (κ3) is 7.11. The highest BCUT2D eigenvalue weighted by atomic mass is 16.1. The van der Waals surface area contributed by atoms with Crippen molar-refractivity contribution in [3.05, 3.63) is 11.8 Å². The molecule has 0 radical (unpaired) electrons. The largest absolute Gasteiger partial charge is 0.386 e. The van der Waals surface area contributed by atoms with E-state index >= 15 is 0 Å². The van der Waals surface area contributed by atoms with Crippen molar-refractivity contribution >= 4 is 5.91 Å². The highest BCUT2D eigenvalue weighted by Crippen LogP contribution is 2.30. The Labute approximate surface area is 166 Å². The molecule has 0 bridgehead atoms. The first kappa shape index (κ1) is 22.2. The van der Waals surface area contributed by atoms with Crippen LogP contribution < -0.4 is 21.3 Å². The monoisotopic (exact) mass is 378 g/mol. The third-order valence-corrected chi connectivity index (χ3v) is 5.51. The van der Waals surface area contributed by atoms with Crippen LogP contribution in [0.2, 0.25) is 0 Å². The van der Waals surface area contributed by atoms with E-state index in [1.807, 2.05) is 6.92 Å². The van der Waals surface area contributed by atoms with Gasteiger partial charge in [0.25, 0.3) is 0 Å². The number of carbonyl (C=O) groups is 1. The van der Waals surface area contributed by atoms with Gasteiger partial charge in [-0.2, -0.15) is 0 Å². The van der Waals surface area contributed by atoms with Crippen LogP contribution >= 0.6 is 0 Å². The lowest BCUT2D eigenvalue weighted by Crippen LogP contribution is -2.62. The molecule has 5 nitrogen and oxygen atoms in total. The van der Waals surface area contributed by atoms with Gasteiger partial charge in [0.2, 0.25) is 5.91 Å². The van der Waals surface area contributed by atoms with Crippen LogP contribution in [0.4, 0.5) is 0 Å². The van der Waals surface area contributed by atoms with Crippen LogP contribution in [0, 0.1) is 0 Å². The van der Waals surface area contributed by atoms with Gasteiger partial charge in [-0.05, 0) is 88.0 Å². The Kier molecular flexibility index (Phi) is 6.09. The molecule has 0 spiro atoms. The van der Waals surface area contributed by atoms with Crippen LogP contribution in [-0.4, -0.2) is 40.1 Å². The zero-order chi connectivity index (χ0) is 20.7. The van der Waals surface area contributed by atoms with Crippen molar-refractivity contribution in [2.75, 3.05) is 0 Å². The van der Waals surface area contributed by atoms with Crippen molar-refractivity contribution < 1.29 is 4.79 Å². The fourth-order valence-electron chi connectivity index (χ4n) is 5.65. The molecule has 1 amide bonds. The first-order valence-electron chi connectivity index (χ1n) is 10.4. The predicted molar refractivity (Wildman–Crippen MR) is 114 cm³/mol. The molecule has 2 aliphatic heterocycles. The molecule has 2 fully saturated rings. The summed E-state index contributed by atoms with van der Waals surface area (Å²) in [5, 5.41) is 14.2. The first-order valence-corrected chi connectivity index (χ1v) is 10.4. The molecule has 0 saturated carbocycles. The lowest BCUT2D eigenvalue weighted by atomic mass is 9.79. The molecule has 0 aliphatic carbocycles. The summed E-state index contributed by atoms with van der Waals surface area (Å²) in [6, 6.07) is 0.571. The minimum absolute atomic E-state index is 0.00551. The number of rotatable bonds is 4. The van der Waals surface area contributed by atoms with E-state index in [4.69, 9.17) is 0 Å². The van der Waals surface area contributed by atoms with Crippen molar-refractivity contribution in [1.82, 2.24) is 21.3 Å². The second-order valence-corrected chi connectivity index (χ2v) is 11.5. The smallest absolute Gasteiger partial charge is 0.245 e. The summed E-state index contributed by atoms with van der Waals surface area (Å²) in [4.78, 5) is 12.6. The van der Waals surface area contributed by atoms with Gasteiger partial charge in [-0.1, -0.05) is 0 Å². The molecule has 27 heavy (non-hydrogen) atoms. The van der Waals surface area contributed by atoms with Gasteiger partial charge in [0, 0.05) is 46.0 Å². The topological polar surface area (TPSA) is 65.2 Å². The van der Waals surface area contributed by atoms with Gasteiger partial charge in [0.05, 0.1) is 0 Å². The average Bonchev–Trinajstić information content (AvgIpc) is 2.28. The van der Waals surface area contributed by atoms with E-state index in [1.54, 1.807) is 6.08 Å². The van der Waals surface area contributed by atoms with Gasteiger partial charge in [-0.25, -0.2) is 0 Å². The van der Waals surface area contributed by atoms with Crippen LogP contribution in [0.5, 0.6) is 0 Å². The summed E-state index contributed by atoms with van der Waals surface area (Å²) in [6.07, 6.45) is 5.70. The van der Waals surface area contributed by atoms with Crippen molar-refractivity contribution in [1.29, 1.82) is 0 Å². The Bertz CT molecular complexity index is 557. The van der Waals surface area contributed by atoms with Crippen LogP contribution in [0.15, 0.2) is 11.8 Å². The van der Waals surface area contributed by atoms with Crippen molar-refractivity contribution in [2.24, 2.45) is 0 Å². The third-order valence-electron chi connectivity index (χ3n) is 5.51. The van der Waals surface area contributed by atoms with Crippen LogP contribution in [0.1, 0.15) is 88.0 Å². The Morgan fingerprint density at radius 1 is 0.741 bits per heavy atom. The highest BCUT2D eigenvalue weighted by molar-refractivity contribution is 5.88. The number of amides is 1. The molecule has 2 heterocycles. The standard InChI is InChI=1S/C22H42N4O/c1-15(23-16-11-19(2,3)25-20(4,5)12-16)10-18(27)24-17-13-21(6,7)26-22(8,9)14-17/h10,16-17,23,25-26H,11-14H2,1-9H3,(H,24,27)/b15-10-. The molecule has 0 aromatic heterocycles. The number of carbonyl (C=O) groups excluding carboxylic acids is 1. The molecule has 0 atom stereocenters. The molecule has 0 unspecified atom stereocenters. The minimum Gasteiger partial charge on any atom is -0.386 e. The fraction of sp³-hybridized carbons (Fsp3) is 0.864. The Morgan fingerprint density at radius 2 is 1.07 bits per heavy atom. The van der Waals surface area contributed by atoms with Crippen molar-refractivity contribution in [3.8, 4) is 0 Å². The summed E-state index contributed by atoms with van der Waals surface area (Å²) in [6.45, 7) is 19.8. The maximum Gasteiger partial charge on any atom is 0.245 e.